The monoisotopic (exact) mass is 373 g/mol. The minimum atomic E-state index is -4.48. The van der Waals surface area contributed by atoms with Gasteiger partial charge in [-0.3, -0.25) is 0 Å². The highest BCUT2D eigenvalue weighted by Crippen LogP contribution is 2.35. The summed E-state index contributed by atoms with van der Waals surface area (Å²) < 4.78 is 45.7. The van der Waals surface area contributed by atoms with E-state index in [9.17, 15) is 18.3 Å². The minimum absolute atomic E-state index is 0.0868. The van der Waals surface area contributed by atoms with Gasteiger partial charge in [-0.05, 0) is 44.9 Å². The summed E-state index contributed by atoms with van der Waals surface area (Å²) in [6.45, 7) is 6.96. The zero-order valence-electron chi connectivity index (χ0n) is 15.3. The summed E-state index contributed by atoms with van der Waals surface area (Å²) >= 11 is 0. The lowest BCUT2D eigenvalue weighted by Crippen LogP contribution is -2.40. The summed E-state index contributed by atoms with van der Waals surface area (Å²) in [5, 5.41) is 12.7. The van der Waals surface area contributed by atoms with Crippen LogP contribution in [0.3, 0.4) is 0 Å². The Morgan fingerprint density at radius 1 is 1.42 bits per heavy atom. The number of hydrogen-bond donors (Lipinski definition) is 2. The first-order valence-corrected chi connectivity index (χ1v) is 8.78. The van der Waals surface area contributed by atoms with Gasteiger partial charge in [-0.25, -0.2) is 4.99 Å². The highest BCUT2D eigenvalue weighted by atomic mass is 19.4. The molecule has 1 heterocycles. The molecule has 0 unspecified atom stereocenters. The molecule has 1 atom stereocenters. The van der Waals surface area contributed by atoms with Crippen molar-refractivity contribution in [2.24, 2.45) is 4.99 Å². The normalized spacial score (nSPS) is 18.5. The Hall–Kier alpha value is -1.96. The third-order valence-corrected chi connectivity index (χ3v) is 3.96. The largest absolute Gasteiger partial charge is 0.491 e. The number of halogens is 3. The molecule has 0 aliphatic carbocycles. The van der Waals surface area contributed by atoms with E-state index >= 15 is 0 Å². The molecule has 1 aliphatic heterocycles. The molecule has 5 nitrogen and oxygen atoms in total. The molecule has 0 bridgehead atoms. The van der Waals surface area contributed by atoms with Gasteiger partial charge in [0.1, 0.15) is 5.75 Å². The van der Waals surface area contributed by atoms with Crippen molar-refractivity contribution in [1.29, 1.82) is 0 Å². The Balaban J connectivity index is 2.25. The fourth-order valence-corrected chi connectivity index (χ4v) is 2.82. The zero-order valence-corrected chi connectivity index (χ0v) is 15.3. The fraction of sp³-hybridized carbons (Fsp3) is 0.611. The summed E-state index contributed by atoms with van der Waals surface area (Å²) in [4.78, 5) is 6.20. The molecule has 1 aromatic rings. The van der Waals surface area contributed by atoms with E-state index < -0.39 is 17.8 Å². The van der Waals surface area contributed by atoms with Crippen LogP contribution in [0.2, 0.25) is 0 Å². The topological polar surface area (TPSA) is 57.1 Å². The van der Waals surface area contributed by atoms with Crippen LogP contribution in [0.4, 0.5) is 13.2 Å². The van der Waals surface area contributed by atoms with Crippen LogP contribution in [0.25, 0.3) is 0 Å². The van der Waals surface area contributed by atoms with Crippen molar-refractivity contribution in [2.75, 3.05) is 19.6 Å². The predicted molar refractivity (Wildman–Crippen MR) is 94.2 cm³/mol. The van der Waals surface area contributed by atoms with Crippen LogP contribution in [-0.4, -0.2) is 47.8 Å². The minimum Gasteiger partial charge on any atom is -0.491 e. The highest BCUT2D eigenvalue weighted by Gasteiger charge is 2.34. The lowest BCUT2D eigenvalue weighted by Gasteiger charge is -2.21. The van der Waals surface area contributed by atoms with Gasteiger partial charge in [0.2, 0.25) is 0 Å². The number of hydrogen-bond acceptors (Lipinski definition) is 3. The number of likely N-dealkylation sites (tertiary alicyclic amines) is 1. The van der Waals surface area contributed by atoms with E-state index in [1.165, 1.54) is 12.1 Å². The van der Waals surface area contributed by atoms with Crippen LogP contribution in [0.5, 0.6) is 5.75 Å². The molecule has 8 heteroatoms. The molecule has 2 N–H and O–H groups in total. The number of aliphatic hydroxyl groups is 1. The molecular weight excluding hydrogens is 347 g/mol. The molecular formula is C18H26F3N3O2. The summed E-state index contributed by atoms with van der Waals surface area (Å²) in [7, 11) is 0. The highest BCUT2D eigenvalue weighted by molar-refractivity contribution is 5.80. The summed E-state index contributed by atoms with van der Waals surface area (Å²) in [6.07, 6.45) is -4.50. The van der Waals surface area contributed by atoms with Gasteiger partial charge in [-0.1, -0.05) is 6.07 Å². The molecule has 0 amide bonds. The average Bonchev–Trinajstić information content (AvgIpc) is 2.97. The van der Waals surface area contributed by atoms with E-state index in [1.807, 2.05) is 11.8 Å². The van der Waals surface area contributed by atoms with Crippen LogP contribution in [0.15, 0.2) is 23.2 Å². The first kappa shape index (κ1) is 20.4. The maximum absolute atomic E-state index is 13.4. The second-order valence-corrected chi connectivity index (χ2v) is 6.54. The van der Waals surface area contributed by atoms with Gasteiger partial charge in [-0.15, -0.1) is 0 Å². The quantitative estimate of drug-likeness (QED) is 0.615. The average molecular weight is 373 g/mol. The molecule has 1 fully saturated rings. The molecule has 1 aromatic carbocycles. The van der Waals surface area contributed by atoms with Gasteiger partial charge in [0, 0.05) is 19.6 Å². The number of aliphatic imine (C=N–C) groups is 1. The number of benzene rings is 1. The third kappa shape index (κ3) is 5.52. The molecule has 0 radical (unpaired) electrons. The van der Waals surface area contributed by atoms with Gasteiger partial charge in [-0.2, -0.15) is 13.2 Å². The Kier molecular flexibility index (Phi) is 6.75. The van der Waals surface area contributed by atoms with Crippen molar-refractivity contribution in [3.63, 3.8) is 0 Å². The van der Waals surface area contributed by atoms with Crippen molar-refractivity contribution in [3.05, 3.63) is 29.3 Å². The van der Waals surface area contributed by atoms with Crippen molar-refractivity contribution in [2.45, 2.75) is 52.1 Å². The number of rotatable bonds is 5. The number of aliphatic hydroxyl groups excluding tert-OH is 1. The van der Waals surface area contributed by atoms with E-state index in [2.05, 4.69) is 10.3 Å². The van der Waals surface area contributed by atoms with E-state index in [4.69, 9.17) is 4.74 Å². The standard InChI is InChI=1S/C18H26F3N3O2/c1-4-22-17(24-8-7-14(25)11-24)23-10-13-5-6-15(26-12(2)3)9-16(13)18(19,20)21/h5-6,9,12,14,25H,4,7-8,10-11H2,1-3H3,(H,22,23)/t14-/m1/s1. The second-order valence-electron chi connectivity index (χ2n) is 6.54. The fourth-order valence-electron chi connectivity index (χ4n) is 2.82. The maximum atomic E-state index is 13.4. The van der Waals surface area contributed by atoms with Gasteiger partial charge in [0.05, 0.1) is 24.3 Å². The number of guanidine groups is 1. The lowest BCUT2D eigenvalue weighted by molar-refractivity contribution is -0.138. The molecule has 0 aromatic heterocycles. The van der Waals surface area contributed by atoms with Crippen molar-refractivity contribution in [1.82, 2.24) is 10.2 Å². The molecule has 1 saturated heterocycles. The number of nitrogens with one attached hydrogen (secondary N) is 1. The molecule has 0 saturated carbocycles. The molecule has 1 aliphatic rings. The zero-order chi connectivity index (χ0) is 19.3. The third-order valence-electron chi connectivity index (χ3n) is 3.96. The Labute approximate surface area is 151 Å². The van der Waals surface area contributed by atoms with Crippen LogP contribution in [0.1, 0.15) is 38.3 Å². The van der Waals surface area contributed by atoms with Crippen molar-refractivity contribution in [3.8, 4) is 5.75 Å². The molecule has 0 spiro atoms. The first-order valence-electron chi connectivity index (χ1n) is 8.78. The molecule has 26 heavy (non-hydrogen) atoms. The Bertz CT molecular complexity index is 633. The number of nitrogens with zero attached hydrogens (tertiary/aromatic N) is 2. The van der Waals surface area contributed by atoms with Gasteiger partial charge < -0.3 is 20.1 Å². The maximum Gasteiger partial charge on any atom is 0.416 e. The van der Waals surface area contributed by atoms with E-state index in [-0.39, 0.29) is 24.0 Å². The smallest absolute Gasteiger partial charge is 0.416 e. The second kappa shape index (κ2) is 8.62. The summed E-state index contributed by atoms with van der Waals surface area (Å²) in [5.74, 6) is 0.703. The van der Waals surface area contributed by atoms with Crippen LogP contribution >= 0.6 is 0 Å². The van der Waals surface area contributed by atoms with Crippen LogP contribution in [0, 0.1) is 0 Å². The van der Waals surface area contributed by atoms with Gasteiger partial charge >= 0.3 is 6.18 Å². The Morgan fingerprint density at radius 2 is 2.15 bits per heavy atom. The van der Waals surface area contributed by atoms with Crippen molar-refractivity contribution >= 4 is 5.96 Å². The van der Waals surface area contributed by atoms with Gasteiger partial charge in [0.15, 0.2) is 5.96 Å². The first-order chi connectivity index (χ1) is 12.2. The lowest BCUT2D eigenvalue weighted by atomic mass is 10.1. The van der Waals surface area contributed by atoms with E-state index in [0.717, 1.165) is 6.07 Å². The van der Waals surface area contributed by atoms with Crippen LogP contribution in [-0.2, 0) is 12.7 Å². The molecule has 146 valence electrons. The predicted octanol–water partition coefficient (Wildman–Crippen LogP) is 3.02. The summed E-state index contributed by atoms with van der Waals surface area (Å²) in [6, 6.07) is 3.97. The van der Waals surface area contributed by atoms with E-state index in [1.54, 1.807) is 13.8 Å². The number of alkyl halides is 3. The molecule has 2 rings (SSSR count). The summed E-state index contributed by atoms with van der Waals surface area (Å²) in [5.41, 5.74) is -0.652. The Morgan fingerprint density at radius 3 is 2.69 bits per heavy atom. The number of β-amino-alcohol motifs (C(OH)–C–C–N with tert-alkyl or cyclic N) is 1. The number of ether oxygens (including phenoxy) is 1. The van der Waals surface area contributed by atoms with Gasteiger partial charge in [0.25, 0.3) is 0 Å². The SMILES string of the molecule is CCNC(=NCc1ccc(OC(C)C)cc1C(F)(F)F)N1CC[C@@H](O)C1. The van der Waals surface area contributed by atoms with Crippen molar-refractivity contribution < 1.29 is 23.0 Å². The van der Waals surface area contributed by atoms with E-state index in [0.29, 0.717) is 32.0 Å². The van der Waals surface area contributed by atoms with Crippen LogP contribution < -0.4 is 10.1 Å².